The van der Waals surface area contributed by atoms with Crippen molar-refractivity contribution < 1.29 is 4.42 Å². The van der Waals surface area contributed by atoms with Crippen LogP contribution < -0.4 is 0 Å². The SMILES string of the molecule is CC1(C)c2cc(-c3ccc4c5cc(-c6ccc7oc8ccccc8c7c6)ccc5n(-c5ccccc5)c4c3)ccc2-c2ccc3sc4ccccc4c3c21. The number of furan rings is 1. The molecule has 0 fully saturated rings. The van der Waals surface area contributed by atoms with Crippen LogP contribution >= 0.6 is 11.3 Å². The summed E-state index contributed by atoms with van der Waals surface area (Å²) >= 11 is 1.90. The number of aromatic nitrogens is 1. The van der Waals surface area contributed by atoms with E-state index in [-0.39, 0.29) is 5.41 Å². The molecule has 0 N–H and O–H groups in total. The van der Waals surface area contributed by atoms with Crippen LogP contribution in [-0.2, 0) is 5.41 Å². The number of para-hydroxylation sites is 2. The number of hydrogen-bond acceptors (Lipinski definition) is 2. The van der Waals surface area contributed by atoms with E-state index in [2.05, 4.69) is 170 Å². The van der Waals surface area contributed by atoms with E-state index in [1.807, 2.05) is 23.5 Å². The molecule has 0 bridgehead atoms. The Morgan fingerprint density at radius 2 is 1.13 bits per heavy atom. The van der Waals surface area contributed by atoms with Crippen molar-refractivity contribution in [1.29, 1.82) is 0 Å². The first-order valence-corrected chi connectivity index (χ1v) is 19.5. The molecule has 254 valence electrons. The third-order valence-electron chi connectivity index (χ3n) is 12.0. The van der Waals surface area contributed by atoms with Crippen molar-refractivity contribution in [1.82, 2.24) is 4.57 Å². The molecule has 0 amide bonds. The van der Waals surface area contributed by atoms with Crippen molar-refractivity contribution in [2.75, 3.05) is 0 Å². The van der Waals surface area contributed by atoms with Gasteiger partial charge >= 0.3 is 0 Å². The number of thiophene rings is 1. The molecule has 3 heteroatoms. The largest absolute Gasteiger partial charge is 0.456 e. The fraction of sp³-hybridized carbons (Fsp3) is 0.0588. The first-order valence-electron chi connectivity index (χ1n) is 18.7. The summed E-state index contributed by atoms with van der Waals surface area (Å²) in [6, 6.07) is 60.3. The molecule has 1 aliphatic rings. The standard InChI is InChI=1S/C51H33NOS/c1-51(2)42-28-32(16-20-35(42)38-22-25-48-49(50(38)51)39-13-7-9-15-47(39)54-48)33-17-21-36-40-26-30(18-23-43(40)52(44(36)29-33)34-10-4-3-5-11-34)31-19-24-46-41(27-31)37-12-6-8-14-45(37)53-46/h3-29H,1-2H3. The first-order chi connectivity index (χ1) is 26.5. The summed E-state index contributed by atoms with van der Waals surface area (Å²) in [5.41, 5.74) is 15.7. The fourth-order valence-corrected chi connectivity index (χ4v) is 10.6. The Labute approximate surface area is 316 Å². The summed E-state index contributed by atoms with van der Waals surface area (Å²) in [6.45, 7) is 4.82. The van der Waals surface area contributed by atoms with Crippen LogP contribution in [0.5, 0.6) is 0 Å². The average molecular weight is 708 g/mol. The summed E-state index contributed by atoms with van der Waals surface area (Å²) in [5.74, 6) is 0. The minimum absolute atomic E-state index is 0.130. The number of rotatable bonds is 3. The van der Waals surface area contributed by atoms with E-state index in [9.17, 15) is 0 Å². The second kappa shape index (κ2) is 10.8. The smallest absolute Gasteiger partial charge is 0.135 e. The van der Waals surface area contributed by atoms with E-state index in [0.717, 1.165) is 27.6 Å². The van der Waals surface area contributed by atoms with Gasteiger partial charge in [-0.25, -0.2) is 0 Å². The summed E-state index contributed by atoms with van der Waals surface area (Å²) in [6.07, 6.45) is 0. The second-order valence-corrected chi connectivity index (χ2v) is 16.4. The monoisotopic (exact) mass is 707 g/mol. The van der Waals surface area contributed by atoms with Crippen LogP contribution in [-0.4, -0.2) is 4.57 Å². The van der Waals surface area contributed by atoms with Gasteiger partial charge in [-0.1, -0.05) is 111 Å². The molecule has 12 rings (SSSR count). The molecule has 0 saturated carbocycles. The Morgan fingerprint density at radius 3 is 2.02 bits per heavy atom. The van der Waals surface area contributed by atoms with Gasteiger partial charge in [-0.05, 0) is 111 Å². The fourth-order valence-electron chi connectivity index (χ4n) is 9.44. The molecular weight excluding hydrogens is 675 g/mol. The zero-order valence-electron chi connectivity index (χ0n) is 29.9. The van der Waals surface area contributed by atoms with E-state index >= 15 is 0 Å². The van der Waals surface area contributed by atoms with Gasteiger partial charge in [-0.3, -0.25) is 0 Å². The van der Waals surface area contributed by atoms with Gasteiger partial charge in [-0.2, -0.15) is 0 Å². The lowest BCUT2D eigenvalue weighted by Gasteiger charge is -2.23. The van der Waals surface area contributed by atoms with Gasteiger partial charge in [0.1, 0.15) is 11.2 Å². The van der Waals surface area contributed by atoms with Crippen LogP contribution in [0, 0.1) is 0 Å². The van der Waals surface area contributed by atoms with Gasteiger partial charge in [0.25, 0.3) is 0 Å². The molecule has 3 aromatic heterocycles. The predicted octanol–water partition coefficient (Wildman–Crippen LogP) is 14.7. The molecule has 11 aromatic rings. The maximum Gasteiger partial charge on any atom is 0.135 e. The molecule has 3 heterocycles. The zero-order valence-corrected chi connectivity index (χ0v) is 30.7. The third-order valence-corrected chi connectivity index (χ3v) is 13.1. The molecule has 1 aliphatic carbocycles. The number of fused-ring (bicyclic) bond motifs is 13. The number of nitrogens with zero attached hydrogens (tertiary/aromatic N) is 1. The van der Waals surface area contributed by atoms with Crippen LogP contribution in [0.15, 0.2) is 168 Å². The highest BCUT2D eigenvalue weighted by Gasteiger charge is 2.38. The van der Waals surface area contributed by atoms with E-state index in [1.165, 1.54) is 86.5 Å². The minimum atomic E-state index is -0.130. The van der Waals surface area contributed by atoms with Crippen molar-refractivity contribution in [3.63, 3.8) is 0 Å². The highest BCUT2D eigenvalue weighted by molar-refractivity contribution is 7.25. The van der Waals surface area contributed by atoms with E-state index in [0.29, 0.717) is 0 Å². The Morgan fingerprint density at radius 1 is 0.463 bits per heavy atom. The minimum Gasteiger partial charge on any atom is -0.456 e. The zero-order chi connectivity index (χ0) is 35.7. The van der Waals surface area contributed by atoms with Gasteiger partial charge in [0.05, 0.1) is 11.0 Å². The van der Waals surface area contributed by atoms with Crippen molar-refractivity contribution in [3.8, 4) is 39.1 Å². The molecule has 2 nitrogen and oxygen atoms in total. The van der Waals surface area contributed by atoms with E-state index < -0.39 is 0 Å². The highest BCUT2D eigenvalue weighted by Crippen LogP contribution is 2.54. The van der Waals surface area contributed by atoms with E-state index in [1.54, 1.807) is 0 Å². The topological polar surface area (TPSA) is 18.1 Å². The van der Waals surface area contributed by atoms with E-state index in [4.69, 9.17) is 4.42 Å². The van der Waals surface area contributed by atoms with Crippen molar-refractivity contribution in [3.05, 3.63) is 175 Å². The molecule has 0 radical (unpaired) electrons. The Bertz CT molecular complexity index is 3360. The molecule has 0 atom stereocenters. The van der Waals surface area contributed by atoms with Gasteiger partial charge in [0.2, 0.25) is 0 Å². The molecule has 0 aliphatic heterocycles. The summed E-state index contributed by atoms with van der Waals surface area (Å²) in [5, 5.41) is 7.57. The van der Waals surface area contributed by atoms with Crippen LogP contribution in [0.1, 0.15) is 25.0 Å². The molecule has 54 heavy (non-hydrogen) atoms. The maximum absolute atomic E-state index is 6.15. The number of benzene rings is 8. The quantitative estimate of drug-likeness (QED) is 0.179. The second-order valence-electron chi connectivity index (χ2n) is 15.3. The number of hydrogen-bond donors (Lipinski definition) is 0. The van der Waals surface area contributed by atoms with Crippen LogP contribution in [0.3, 0.4) is 0 Å². The van der Waals surface area contributed by atoms with Crippen LogP contribution in [0.2, 0.25) is 0 Å². The lowest BCUT2D eigenvalue weighted by Crippen LogP contribution is -2.15. The molecule has 0 unspecified atom stereocenters. The van der Waals surface area contributed by atoms with Crippen molar-refractivity contribution in [2.45, 2.75) is 19.3 Å². The van der Waals surface area contributed by atoms with Crippen molar-refractivity contribution in [2.24, 2.45) is 0 Å². The first kappa shape index (κ1) is 30.1. The average Bonchev–Trinajstić information content (AvgIpc) is 3.94. The predicted molar refractivity (Wildman–Crippen MR) is 229 cm³/mol. The molecule has 8 aromatic carbocycles. The van der Waals surface area contributed by atoms with Gasteiger partial charge in [-0.15, -0.1) is 11.3 Å². The third kappa shape index (κ3) is 4.10. The van der Waals surface area contributed by atoms with Gasteiger partial charge in [0.15, 0.2) is 0 Å². The van der Waals surface area contributed by atoms with Crippen LogP contribution in [0.4, 0.5) is 0 Å². The molecular formula is C51H33NOS. The van der Waals surface area contributed by atoms with Gasteiger partial charge < -0.3 is 8.98 Å². The molecule has 0 spiro atoms. The Kier molecular flexibility index (Phi) is 6.03. The molecule has 0 saturated heterocycles. The van der Waals surface area contributed by atoms with Crippen molar-refractivity contribution >= 4 is 75.3 Å². The Balaban J connectivity index is 1.02. The van der Waals surface area contributed by atoms with Gasteiger partial charge in [0, 0.05) is 52.8 Å². The highest BCUT2D eigenvalue weighted by atomic mass is 32.1. The lowest BCUT2D eigenvalue weighted by molar-refractivity contribution is 0.667. The Hall–Kier alpha value is -6.42. The summed E-state index contributed by atoms with van der Waals surface area (Å²) < 4.78 is 11.3. The van der Waals surface area contributed by atoms with Crippen LogP contribution in [0.25, 0.3) is 103 Å². The lowest BCUT2D eigenvalue weighted by atomic mass is 9.80. The summed E-state index contributed by atoms with van der Waals surface area (Å²) in [7, 11) is 0. The maximum atomic E-state index is 6.15. The summed E-state index contributed by atoms with van der Waals surface area (Å²) in [4.78, 5) is 0. The normalized spacial score (nSPS) is 13.5.